The van der Waals surface area contributed by atoms with E-state index >= 15 is 0 Å². The highest BCUT2D eigenvalue weighted by atomic mass is 32.2. The van der Waals surface area contributed by atoms with Crippen LogP contribution in [0.4, 0.5) is 5.69 Å². The van der Waals surface area contributed by atoms with E-state index in [0.717, 1.165) is 12.8 Å². The highest BCUT2D eigenvalue weighted by Gasteiger charge is 2.30. The molecular formula is C19H19NO5S. The molecule has 0 aliphatic heterocycles. The van der Waals surface area contributed by atoms with Crippen LogP contribution in [-0.2, 0) is 9.84 Å². The van der Waals surface area contributed by atoms with E-state index < -0.39 is 21.7 Å². The van der Waals surface area contributed by atoms with Crippen molar-refractivity contribution < 1.29 is 23.1 Å². The smallest absolute Gasteiger partial charge is 0.335 e. The minimum Gasteiger partial charge on any atom is -0.478 e. The van der Waals surface area contributed by atoms with E-state index in [4.69, 9.17) is 5.11 Å². The van der Waals surface area contributed by atoms with E-state index in [9.17, 15) is 18.0 Å². The van der Waals surface area contributed by atoms with Gasteiger partial charge in [-0.3, -0.25) is 4.79 Å². The van der Waals surface area contributed by atoms with E-state index in [1.165, 1.54) is 48.5 Å². The van der Waals surface area contributed by atoms with Crippen molar-refractivity contribution in [2.75, 3.05) is 5.32 Å². The molecule has 0 aromatic heterocycles. The zero-order valence-electron chi connectivity index (χ0n) is 14.0. The van der Waals surface area contributed by atoms with Crippen LogP contribution in [-0.4, -0.2) is 30.7 Å². The molecule has 0 bridgehead atoms. The Morgan fingerprint density at radius 2 is 1.42 bits per heavy atom. The van der Waals surface area contributed by atoms with E-state index in [1.807, 2.05) is 0 Å². The van der Waals surface area contributed by atoms with Gasteiger partial charge >= 0.3 is 5.97 Å². The van der Waals surface area contributed by atoms with Gasteiger partial charge in [-0.2, -0.15) is 0 Å². The van der Waals surface area contributed by atoms with Crippen molar-refractivity contribution in [1.29, 1.82) is 0 Å². The number of carbonyl (C=O) groups is 2. The van der Waals surface area contributed by atoms with Gasteiger partial charge in [0, 0.05) is 11.3 Å². The van der Waals surface area contributed by atoms with Crippen LogP contribution in [0.5, 0.6) is 0 Å². The molecule has 0 heterocycles. The average molecular weight is 373 g/mol. The zero-order valence-corrected chi connectivity index (χ0v) is 14.8. The molecule has 0 saturated heterocycles. The molecule has 7 heteroatoms. The Balaban J connectivity index is 1.71. The number of carboxylic acid groups (broad SMARTS) is 1. The van der Waals surface area contributed by atoms with Crippen molar-refractivity contribution in [2.24, 2.45) is 0 Å². The van der Waals surface area contributed by atoms with Gasteiger partial charge in [0.1, 0.15) is 0 Å². The minimum absolute atomic E-state index is 0.129. The summed E-state index contributed by atoms with van der Waals surface area (Å²) >= 11 is 0. The highest BCUT2D eigenvalue weighted by molar-refractivity contribution is 7.92. The maximum Gasteiger partial charge on any atom is 0.335 e. The molecule has 136 valence electrons. The van der Waals surface area contributed by atoms with Gasteiger partial charge in [-0.25, -0.2) is 13.2 Å². The topological polar surface area (TPSA) is 101 Å². The maximum atomic E-state index is 12.5. The predicted octanol–water partition coefficient (Wildman–Crippen LogP) is 3.35. The number of nitrogens with one attached hydrogen (secondary N) is 1. The molecule has 0 atom stereocenters. The van der Waals surface area contributed by atoms with Crippen molar-refractivity contribution in [2.45, 2.75) is 35.8 Å². The van der Waals surface area contributed by atoms with Gasteiger partial charge in [0.25, 0.3) is 5.91 Å². The number of sulfone groups is 1. The van der Waals surface area contributed by atoms with E-state index in [-0.39, 0.29) is 15.7 Å². The van der Waals surface area contributed by atoms with Crippen molar-refractivity contribution in [3.8, 4) is 0 Å². The van der Waals surface area contributed by atoms with Crippen molar-refractivity contribution in [1.82, 2.24) is 0 Å². The summed E-state index contributed by atoms with van der Waals surface area (Å²) in [6.45, 7) is 0. The van der Waals surface area contributed by atoms with Crippen molar-refractivity contribution >= 4 is 27.4 Å². The lowest BCUT2D eigenvalue weighted by Crippen LogP contribution is -2.18. The molecule has 3 rings (SSSR count). The third kappa shape index (κ3) is 3.77. The molecule has 1 amide bonds. The lowest BCUT2D eigenvalue weighted by atomic mass is 10.2. The molecule has 0 unspecified atom stereocenters. The van der Waals surface area contributed by atoms with Crippen LogP contribution in [0.15, 0.2) is 53.4 Å². The fraction of sp³-hybridized carbons (Fsp3) is 0.263. The summed E-state index contributed by atoms with van der Waals surface area (Å²) in [5.74, 6) is -1.43. The number of aromatic carboxylic acids is 1. The molecule has 6 nitrogen and oxygen atoms in total. The molecule has 2 aromatic carbocycles. The average Bonchev–Trinajstić information content (AvgIpc) is 3.18. The van der Waals surface area contributed by atoms with Gasteiger partial charge in [0.05, 0.1) is 15.7 Å². The molecular weight excluding hydrogens is 354 g/mol. The normalized spacial score (nSPS) is 14.9. The Morgan fingerprint density at radius 1 is 0.885 bits per heavy atom. The summed E-state index contributed by atoms with van der Waals surface area (Å²) in [5.41, 5.74) is 0.921. The predicted molar refractivity (Wildman–Crippen MR) is 97.2 cm³/mol. The summed E-state index contributed by atoms with van der Waals surface area (Å²) in [4.78, 5) is 23.3. The maximum absolute atomic E-state index is 12.5. The summed E-state index contributed by atoms with van der Waals surface area (Å²) in [7, 11) is -3.34. The summed E-state index contributed by atoms with van der Waals surface area (Å²) in [6.07, 6.45) is 3.25. The number of carboxylic acids is 1. The van der Waals surface area contributed by atoms with E-state index in [1.54, 1.807) is 0 Å². The molecule has 0 spiro atoms. The molecule has 1 aliphatic carbocycles. The van der Waals surface area contributed by atoms with Crippen LogP contribution >= 0.6 is 0 Å². The first-order valence-electron chi connectivity index (χ1n) is 8.36. The lowest BCUT2D eigenvalue weighted by molar-refractivity contribution is 0.0696. The Kier molecular flexibility index (Phi) is 5.08. The summed E-state index contributed by atoms with van der Waals surface area (Å²) in [5, 5.41) is 11.2. The second kappa shape index (κ2) is 7.29. The first-order chi connectivity index (χ1) is 12.4. The third-order valence-electron chi connectivity index (χ3n) is 4.58. The number of hydrogen-bond acceptors (Lipinski definition) is 4. The van der Waals surface area contributed by atoms with Crippen LogP contribution in [0, 0.1) is 0 Å². The fourth-order valence-corrected chi connectivity index (χ4v) is 4.94. The van der Waals surface area contributed by atoms with Crippen molar-refractivity contribution in [3.63, 3.8) is 0 Å². The van der Waals surface area contributed by atoms with Crippen LogP contribution in [0.3, 0.4) is 0 Å². The monoisotopic (exact) mass is 373 g/mol. The van der Waals surface area contributed by atoms with Gasteiger partial charge in [-0.1, -0.05) is 12.8 Å². The third-order valence-corrected chi connectivity index (χ3v) is 6.85. The molecule has 1 saturated carbocycles. The Labute approximate surface area is 151 Å². The van der Waals surface area contributed by atoms with Gasteiger partial charge in [0.15, 0.2) is 9.84 Å². The van der Waals surface area contributed by atoms with Gasteiger partial charge in [-0.15, -0.1) is 0 Å². The molecule has 0 radical (unpaired) electrons. The first-order valence-corrected chi connectivity index (χ1v) is 9.91. The van der Waals surface area contributed by atoms with Crippen LogP contribution in [0.25, 0.3) is 0 Å². The largest absolute Gasteiger partial charge is 0.478 e. The highest BCUT2D eigenvalue weighted by Crippen LogP contribution is 2.29. The lowest BCUT2D eigenvalue weighted by Gasteiger charge is -2.11. The molecule has 26 heavy (non-hydrogen) atoms. The number of rotatable bonds is 5. The summed E-state index contributed by atoms with van der Waals surface area (Å²) in [6, 6.07) is 11.7. The van der Waals surface area contributed by atoms with E-state index in [2.05, 4.69) is 5.32 Å². The standard InChI is InChI=1S/C19H19NO5S/c21-18(20-15-9-5-14(6-10-15)19(22)23)13-7-11-17(12-8-13)26(24,25)16-3-1-2-4-16/h5-12,16H,1-4H2,(H,20,21)(H,22,23). The molecule has 2 aromatic rings. The number of carbonyl (C=O) groups excluding carboxylic acids is 1. The van der Waals surface area contributed by atoms with Crippen LogP contribution in [0.2, 0.25) is 0 Å². The number of amides is 1. The van der Waals surface area contributed by atoms with Gasteiger partial charge in [0.2, 0.25) is 0 Å². The Morgan fingerprint density at radius 3 is 1.96 bits per heavy atom. The molecule has 1 fully saturated rings. The molecule has 1 aliphatic rings. The second-order valence-electron chi connectivity index (χ2n) is 6.31. The summed E-state index contributed by atoms with van der Waals surface area (Å²) < 4.78 is 25.1. The molecule has 2 N–H and O–H groups in total. The first kappa shape index (κ1) is 18.1. The fourth-order valence-electron chi connectivity index (χ4n) is 3.09. The number of benzene rings is 2. The number of anilines is 1. The van der Waals surface area contributed by atoms with Crippen molar-refractivity contribution in [3.05, 3.63) is 59.7 Å². The van der Waals surface area contributed by atoms with E-state index in [0.29, 0.717) is 24.1 Å². The van der Waals surface area contributed by atoms with Gasteiger partial charge < -0.3 is 10.4 Å². The number of hydrogen-bond donors (Lipinski definition) is 2. The van der Waals surface area contributed by atoms with Crippen LogP contribution in [0.1, 0.15) is 46.4 Å². The quantitative estimate of drug-likeness (QED) is 0.837. The second-order valence-corrected chi connectivity index (χ2v) is 8.54. The Hall–Kier alpha value is -2.67. The minimum atomic E-state index is -3.34. The SMILES string of the molecule is O=C(O)c1ccc(NC(=O)c2ccc(S(=O)(=O)C3CCCC3)cc2)cc1. The zero-order chi connectivity index (χ0) is 18.7. The van der Waals surface area contributed by atoms with Crippen LogP contribution < -0.4 is 5.32 Å². The van der Waals surface area contributed by atoms with Gasteiger partial charge in [-0.05, 0) is 61.4 Å². The Bertz CT molecular complexity index is 911.